The normalized spacial score (nSPS) is 14.1. The van der Waals surface area contributed by atoms with Gasteiger partial charge in [-0.15, -0.1) is 0 Å². The highest BCUT2D eigenvalue weighted by atomic mass is 16.5. The van der Waals surface area contributed by atoms with E-state index in [9.17, 15) is 9.59 Å². The van der Waals surface area contributed by atoms with Crippen LogP contribution in [0.4, 0.5) is 5.69 Å². The second-order valence-electron chi connectivity index (χ2n) is 6.89. The van der Waals surface area contributed by atoms with Crippen LogP contribution in [0.1, 0.15) is 18.9 Å². The number of carbonyl (C=O) groups excluding carboxylic acids is 2. The molecule has 29 heavy (non-hydrogen) atoms. The highest BCUT2D eigenvalue weighted by molar-refractivity contribution is 6.36. The molecule has 0 saturated heterocycles. The summed E-state index contributed by atoms with van der Waals surface area (Å²) in [5, 5.41) is 5.32. The average molecular weight is 386 g/mol. The third-order valence-electron chi connectivity index (χ3n) is 5.04. The number of methoxy groups -OCH3 is 1. The number of hydrogen-bond acceptors (Lipinski definition) is 4. The molecule has 0 radical (unpaired) electrons. The number of carbonyl (C=O) groups is 2. The summed E-state index contributed by atoms with van der Waals surface area (Å²) >= 11 is 0. The molecule has 1 aliphatic rings. The topological polar surface area (TPSA) is 58.6 Å². The van der Waals surface area contributed by atoms with E-state index in [0.717, 1.165) is 16.5 Å². The van der Waals surface area contributed by atoms with Crippen LogP contribution in [-0.2, 0) is 9.59 Å². The van der Waals surface area contributed by atoms with Crippen molar-refractivity contribution in [2.24, 2.45) is 0 Å². The van der Waals surface area contributed by atoms with Gasteiger partial charge in [0.25, 0.3) is 11.8 Å². The first-order chi connectivity index (χ1) is 14.1. The maximum absolute atomic E-state index is 13.1. The van der Waals surface area contributed by atoms with E-state index < -0.39 is 0 Å². The highest BCUT2D eigenvalue weighted by Gasteiger charge is 2.38. The Kier molecular flexibility index (Phi) is 5.04. The van der Waals surface area contributed by atoms with Crippen LogP contribution in [0.15, 0.2) is 72.4 Å². The zero-order chi connectivity index (χ0) is 20.4. The molecule has 5 heteroatoms. The molecule has 0 unspecified atom stereocenters. The zero-order valence-corrected chi connectivity index (χ0v) is 16.4. The molecule has 0 atom stereocenters. The Hall–Kier alpha value is -3.60. The van der Waals surface area contributed by atoms with Gasteiger partial charge in [0.2, 0.25) is 0 Å². The van der Waals surface area contributed by atoms with Crippen LogP contribution in [0, 0.1) is 0 Å². The van der Waals surface area contributed by atoms with Crippen molar-refractivity contribution >= 4 is 33.8 Å². The number of nitrogens with zero attached hydrogens (tertiary/aromatic N) is 1. The number of rotatable bonds is 6. The van der Waals surface area contributed by atoms with E-state index in [2.05, 4.69) is 5.32 Å². The fourth-order valence-corrected chi connectivity index (χ4v) is 3.61. The van der Waals surface area contributed by atoms with E-state index in [4.69, 9.17) is 4.74 Å². The van der Waals surface area contributed by atoms with E-state index in [1.54, 1.807) is 31.4 Å². The van der Waals surface area contributed by atoms with Crippen LogP contribution in [0.2, 0.25) is 0 Å². The monoisotopic (exact) mass is 386 g/mol. The second kappa shape index (κ2) is 7.80. The molecule has 0 aliphatic carbocycles. The van der Waals surface area contributed by atoms with Crippen LogP contribution < -0.4 is 10.1 Å². The van der Waals surface area contributed by atoms with Crippen molar-refractivity contribution < 1.29 is 14.3 Å². The summed E-state index contributed by atoms with van der Waals surface area (Å²) in [4.78, 5) is 27.5. The highest BCUT2D eigenvalue weighted by Crippen LogP contribution is 2.33. The molecule has 5 nitrogen and oxygen atoms in total. The smallest absolute Gasteiger partial charge is 0.278 e. The molecule has 146 valence electrons. The minimum atomic E-state index is -0.296. The Morgan fingerprint density at radius 3 is 2.34 bits per heavy atom. The molecule has 3 aromatic rings. The van der Waals surface area contributed by atoms with Gasteiger partial charge in [-0.1, -0.05) is 55.5 Å². The molecular weight excluding hydrogens is 364 g/mol. The van der Waals surface area contributed by atoms with Gasteiger partial charge in [0.15, 0.2) is 0 Å². The number of benzene rings is 3. The van der Waals surface area contributed by atoms with E-state index in [1.165, 1.54) is 4.90 Å². The van der Waals surface area contributed by atoms with Crippen LogP contribution >= 0.6 is 0 Å². The fourth-order valence-electron chi connectivity index (χ4n) is 3.61. The van der Waals surface area contributed by atoms with Gasteiger partial charge in [-0.3, -0.25) is 14.5 Å². The van der Waals surface area contributed by atoms with E-state index >= 15 is 0 Å². The molecule has 1 heterocycles. The number of imide groups is 1. The number of ether oxygens (including phenoxy) is 1. The largest absolute Gasteiger partial charge is 0.497 e. The Bertz CT molecular complexity index is 1110. The van der Waals surface area contributed by atoms with Crippen LogP contribution in [0.25, 0.3) is 16.3 Å². The molecular formula is C24H22N2O3. The van der Waals surface area contributed by atoms with Gasteiger partial charge in [0.05, 0.1) is 12.7 Å². The zero-order valence-electron chi connectivity index (χ0n) is 16.4. The van der Waals surface area contributed by atoms with Crippen molar-refractivity contribution in [2.45, 2.75) is 13.3 Å². The summed E-state index contributed by atoms with van der Waals surface area (Å²) in [7, 11) is 1.59. The average Bonchev–Trinajstić information content (AvgIpc) is 2.99. The summed E-state index contributed by atoms with van der Waals surface area (Å²) in [6, 6.07) is 21.0. The second-order valence-corrected chi connectivity index (χ2v) is 6.89. The van der Waals surface area contributed by atoms with Crippen molar-refractivity contribution in [1.29, 1.82) is 0 Å². The number of amides is 2. The third kappa shape index (κ3) is 3.36. The van der Waals surface area contributed by atoms with Crippen LogP contribution in [0.5, 0.6) is 5.75 Å². The predicted molar refractivity (Wildman–Crippen MR) is 114 cm³/mol. The van der Waals surface area contributed by atoms with Gasteiger partial charge in [0, 0.05) is 17.6 Å². The van der Waals surface area contributed by atoms with Gasteiger partial charge in [-0.25, -0.2) is 0 Å². The summed E-state index contributed by atoms with van der Waals surface area (Å²) < 4.78 is 5.22. The lowest BCUT2D eigenvalue weighted by molar-refractivity contribution is -0.136. The molecule has 0 bridgehead atoms. The summed E-state index contributed by atoms with van der Waals surface area (Å²) in [6.07, 6.45) is 0.703. The SMILES string of the molecule is CCCN1C(=O)C(Nc2cccc3ccccc23)=C(c2ccc(OC)cc2)C1=O. The van der Waals surface area contributed by atoms with Crippen LogP contribution in [0.3, 0.4) is 0 Å². The van der Waals surface area contributed by atoms with Crippen molar-refractivity contribution in [3.63, 3.8) is 0 Å². The minimum Gasteiger partial charge on any atom is -0.497 e. The molecule has 0 spiro atoms. The maximum Gasteiger partial charge on any atom is 0.278 e. The molecule has 0 aromatic heterocycles. The Morgan fingerprint density at radius 2 is 1.62 bits per heavy atom. The van der Waals surface area contributed by atoms with E-state index in [-0.39, 0.29) is 11.8 Å². The summed E-state index contributed by atoms with van der Waals surface area (Å²) in [6.45, 7) is 2.34. The van der Waals surface area contributed by atoms with Gasteiger partial charge < -0.3 is 10.1 Å². The van der Waals surface area contributed by atoms with Crippen LogP contribution in [-0.4, -0.2) is 30.4 Å². The van der Waals surface area contributed by atoms with Crippen molar-refractivity contribution in [3.05, 3.63) is 78.0 Å². The first kappa shape index (κ1) is 18.7. The molecule has 2 amide bonds. The Morgan fingerprint density at radius 1 is 0.897 bits per heavy atom. The van der Waals surface area contributed by atoms with E-state index in [1.807, 2.05) is 49.4 Å². The standard InChI is InChI=1S/C24H22N2O3/c1-3-15-26-23(27)21(17-11-13-18(29-2)14-12-17)22(24(26)28)25-20-10-6-8-16-7-4-5-9-19(16)20/h4-14,25H,3,15H2,1-2H3. The summed E-state index contributed by atoms with van der Waals surface area (Å²) in [5.74, 6) is 0.125. The van der Waals surface area contributed by atoms with Crippen molar-refractivity contribution in [1.82, 2.24) is 4.90 Å². The third-order valence-corrected chi connectivity index (χ3v) is 5.04. The molecule has 0 saturated carbocycles. The maximum atomic E-state index is 13.1. The predicted octanol–water partition coefficient (Wildman–Crippen LogP) is 4.45. The van der Waals surface area contributed by atoms with Crippen molar-refractivity contribution in [2.75, 3.05) is 19.0 Å². The Labute approximate surface area is 169 Å². The van der Waals surface area contributed by atoms with E-state index in [0.29, 0.717) is 35.5 Å². The lowest BCUT2D eigenvalue weighted by atomic mass is 10.0. The van der Waals surface area contributed by atoms with Crippen molar-refractivity contribution in [3.8, 4) is 5.75 Å². The molecule has 4 rings (SSSR count). The number of anilines is 1. The summed E-state index contributed by atoms with van der Waals surface area (Å²) in [5.41, 5.74) is 2.18. The lowest BCUT2D eigenvalue weighted by Crippen LogP contribution is -2.33. The molecule has 0 fully saturated rings. The first-order valence-electron chi connectivity index (χ1n) is 9.63. The number of nitrogens with one attached hydrogen (secondary N) is 1. The molecule has 1 aliphatic heterocycles. The van der Waals surface area contributed by atoms with Gasteiger partial charge >= 0.3 is 0 Å². The molecule has 3 aromatic carbocycles. The van der Waals surface area contributed by atoms with Gasteiger partial charge in [0.1, 0.15) is 11.4 Å². The molecule has 1 N–H and O–H groups in total. The number of fused-ring (bicyclic) bond motifs is 1. The van der Waals surface area contributed by atoms with Gasteiger partial charge in [-0.05, 0) is 35.6 Å². The Balaban J connectivity index is 1.83. The number of hydrogen-bond donors (Lipinski definition) is 1. The van der Waals surface area contributed by atoms with Gasteiger partial charge in [-0.2, -0.15) is 0 Å². The quantitative estimate of drug-likeness (QED) is 0.636. The lowest BCUT2D eigenvalue weighted by Gasteiger charge is -2.14. The minimum absolute atomic E-state index is 0.273. The first-order valence-corrected chi connectivity index (χ1v) is 9.63. The fraction of sp³-hybridized carbons (Fsp3) is 0.167.